The van der Waals surface area contributed by atoms with E-state index in [0.717, 1.165) is 27.6 Å². The molecule has 2 bridgehead atoms. The monoisotopic (exact) mass is 382 g/mol. The molecule has 2 aromatic rings. The highest BCUT2D eigenvalue weighted by atomic mass is 32.2. The molecule has 4 nitrogen and oxygen atoms in total. The summed E-state index contributed by atoms with van der Waals surface area (Å²) in [5.74, 6) is 1.52. The van der Waals surface area contributed by atoms with Crippen molar-refractivity contribution >= 4 is 17.7 Å². The third-order valence-electron chi connectivity index (χ3n) is 5.78. The Hall–Kier alpha value is -1.98. The maximum absolute atomic E-state index is 12.7. The summed E-state index contributed by atoms with van der Waals surface area (Å²) in [6, 6.07) is 16.8. The molecule has 27 heavy (non-hydrogen) atoms. The average Bonchev–Trinajstić information content (AvgIpc) is 2.70. The maximum atomic E-state index is 12.7. The van der Waals surface area contributed by atoms with Gasteiger partial charge in [0.05, 0.1) is 7.11 Å². The summed E-state index contributed by atoms with van der Waals surface area (Å²) in [5, 5.41) is 3.27. The second-order valence-corrected chi connectivity index (χ2v) is 8.66. The number of methoxy groups -OCH3 is 1. The van der Waals surface area contributed by atoms with E-state index in [1.165, 1.54) is 19.4 Å². The van der Waals surface area contributed by atoms with Crippen molar-refractivity contribution in [2.45, 2.75) is 41.6 Å². The van der Waals surface area contributed by atoms with E-state index in [-0.39, 0.29) is 11.9 Å². The zero-order valence-electron chi connectivity index (χ0n) is 15.9. The van der Waals surface area contributed by atoms with E-state index >= 15 is 0 Å². The van der Waals surface area contributed by atoms with Crippen molar-refractivity contribution in [3.8, 4) is 5.75 Å². The van der Waals surface area contributed by atoms with E-state index in [4.69, 9.17) is 4.74 Å². The fourth-order valence-corrected chi connectivity index (χ4v) is 4.98. The van der Waals surface area contributed by atoms with E-state index in [2.05, 4.69) is 17.1 Å². The molecular formula is C22H26N2O2S. The molecule has 3 aliphatic rings. The lowest BCUT2D eigenvalue weighted by Crippen LogP contribution is -2.60. The molecule has 1 N–H and O–H groups in total. The Kier molecular flexibility index (Phi) is 5.41. The first-order valence-electron chi connectivity index (χ1n) is 9.59. The Morgan fingerprint density at radius 3 is 2.33 bits per heavy atom. The van der Waals surface area contributed by atoms with Gasteiger partial charge < -0.3 is 10.1 Å². The number of nitrogens with zero attached hydrogens (tertiary/aromatic N) is 1. The van der Waals surface area contributed by atoms with Crippen molar-refractivity contribution in [1.29, 1.82) is 0 Å². The second kappa shape index (κ2) is 7.95. The van der Waals surface area contributed by atoms with Gasteiger partial charge in [0.15, 0.2) is 0 Å². The molecule has 4 unspecified atom stereocenters. The van der Waals surface area contributed by atoms with Gasteiger partial charge in [0, 0.05) is 34.0 Å². The summed E-state index contributed by atoms with van der Waals surface area (Å²) in [6.45, 7) is 4.46. The summed E-state index contributed by atoms with van der Waals surface area (Å²) in [5.41, 5.74) is 0.735. The van der Waals surface area contributed by atoms with E-state index in [1.54, 1.807) is 18.9 Å². The van der Waals surface area contributed by atoms with Gasteiger partial charge in [-0.2, -0.15) is 0 Å². The predicted octanol–water partition coefficient (Wildman–Crippen LogP) is 4.06. The van der Waals surface area contributed by atoms with Crippen LogP contribution in [0.4, 0.5) is 0 Å². The number of piperidine rings is 3. The average molecular weight is 383 g/mol. The minimum atomic E-state index is 0.0439. The van der Waals surface area contributed by atoms with Crippen molar-refractivity contribution in [2.24, 2.45) is 5.92 Å². The highest BCUT2D eigenvalue weighted by molar-refractivity contribution is 7.99. The van der Waals surface area contributed by atoms with Crippen LogP contribution < -0.4 is 10.1 Å². The van der Waals surface area contributed by atoms with Gasteiger partial charge in [-0.1, -0.05) is 11.8 Å². The molecule has 3 aliphatic heterocycles. The number of carbonyl (C=O) groups excluding carboxylic acids is 1. The predicted molar refractivity (Wildman–Crippen MR) is 109 cm³/mol. The van der Waals surface area contributed by atoms with Crippen molar-refractivity contribution in [2.75, 3.05) is 20.2 Å². The maximum Gasteiger partial charge on any atom is 0.251 e. The first-order valence-corrected chi connectivity index (χ1v) is 10.4. The fraction of sp³-hybridized carbons (Fsp3) is 0.409. The Morgan fingerprint density at radius 1 is 1.11 bits per heavy atom. The van der Waals surface area contributed by atoms with E-state index in [9.17, 15) is 4.79 Å². The summed E-state index contributed by atoms with van der Waals surface area (Å²) in [7, 11) is 1.67. The lowest BCUT2D eigenvalue weighted by molar-refractivity contribution is 0.0274. The van der Waals surface area contributed by atoms with Crippen molar-refractivity contribution < 1.29 is 9.53 Å². The SMILES string of the molecule is COc1ccc(Sc2ccc(C(=O)NC3CN4CCC3CC4C)cc2)cc1. The number of fused-ring (bicyclic) bond motifs is 3. The van der Waals surface area contributed by atoms with Crippen LogP contribution in [0.15, 0.2) is 58.3 Å². The number of amides is 1. The van der Waals surface area contributed by atoms with E-state index < -0.39 is 0 Å². The first-order chi connectivity index (χ1) is 13.1. The lowest BCUT2D eigenvalue weighted by Gasteiger charge is -2.48. The molecule has 5 heteroatoms. The minimum absolute atomic E-state index is 0.0439. The number of ether oxygens (including phenoxy) is 1. The van der Waals surface area contributed by atoms with Crippen LogP contribution in [0.5, 0.6) is 5.75 Å². The third kappa shape index (κ3) is 4.14. The lowest BCUT2D eigenvalue weighted by atomic mass is 9.80. The molecule has 0 aliphatic carbocycles. The van der Waals surface area contributed by atoms with Gasteiger partial charge in [0.25, 0.3) is 5.91 Å². The van der Waals surface area contributed by atoms with Crippen LogP contribution in [-0.2, 0) is 0 Å². The molecule has 2 aromatic carbocycles. The molecule has 3 heterocycles. The van der Waals surface area contributed by atoms with Crippen LogP contribution in [0.25, 0.3) is 0 Å². The number of benzene rings is 2. The van der Waals surface area contributed by atoms with Crippen LogP contribution in [-0.4, -0.2) is 43.1 Å². The molecule has 1 amide bonds. The summed E-state index contributed by atoms with van der Waals surface area (Å²) < 4.78 is 5.19. The molecule has 142 valence electrons. The van der Waals surface area contributed by atoms with Gasteiger partial charge in [-0.15, -0.1) is 0 Å². The highest BCUT2D eigenvalue weighted by Crippen LogP contribution is 2.32. The smallest absolute Gasteiger partial charge is 0.251 e. The van der Waals surface area contributed by atoms with Crippen molar-refractivity contribution in [1.82, 2.24) is 10.2 Å². The highest BCUT2D eigenvalue weighted by Gasteiger charge is 2.38. The van der Waals surface area contributed by atoms with Crippen LogP contribution in [0.2, 0.25) is 0 Å². The first kappa shape index (κ1) is 18.4. The third-order valence-corrected chi connectivity index (χ3v) is 6.80. The zero-order chi connectivity index (χ0) is 18.8. The largest absolute Gasteiger partial charge is 0.497 e. The molecule has 0 aromatic heterocycles. The van der Waals surface area contributed by atoms with Gasteiger partial charge in [-0.25, -0.2) is 0 Å². The Bertz CT molecular complexity index is 791. The normalized spacial score (nSPS) is 26.6. The summed E-state index contributed by atoms with van der Waals surface area (Å²) in [6.07, 6.45) is 2.40. The fourth-order valence-electron chi connectivity index (χ4n) is 4.16. The Labute approximate surface area is 165 Å². The molecule has 0 radical (unpaired) electrons. The van der Waals surface area contributed by atoms with Crippen molar-refractivity contribution in [3.05, 3.63) is 54.1 Å². The second-order valence-electron chi connectivity index (χ2n) is 7.51. The molecule has 3 fully saturated rings. The quantitative estimate of drug-likeness (QED) is 0.847. The molecule has 3 saturated heterocycles. The summed E-state index contributed by atoms with van der Waals surface area (Å²) in [4.78, 5) is 17.4. The van der Waals surface area contributed by atoms with Gasteiger partial charge >= 0.3 is 0 Å². The number of hydrogen-bond donors (Lipinski definition) is 1. The van der Waals surface area contributed by atoms with Crippen LogP contribution in [0.3, 0.4) is 0 Å². The molecule has 4 atom stereocenters. The van der Waals surface area contributed by atoms with Crippen LogP contribution >= 0.6 is 11.8 Å². The molecule has 0 spiro atoms. The standard InChI is InChI=1S/C22H26N2O2S/c1-15-13-17-11-12-24(15)14-21(17)23-22(25)16-3-7-19(8-4-16)27-20-9-5-18(26-2)6-10-20/h3-10,15,17,21H,11-14H2,1-2H3,(H,23,25). The van der Waals surface area contributed by atoms with Crippen molar-refractivity contribution in [3.63, 3.8) is 0 Å². The van der Waals surface area contributed by atoms with E-state index in [0.29, 0.717) is 12.0 Å². The molecule has 0 saturated carbocycles. The number of carbonyl (C=O) groups is 1. The summed E-state index contributed by atoms with van der Waals surface area (Å²) >= 11 is 1.68. The van der Waals surface area contributed by atoms with Crippen LogP contribution in [0, 0.1) is 5.92 Å². The molecule has 5 rings (SSSR count). The topological polar surface area (TPSA) is 41.6 Å². The number of hydrogen-bond acceptors (Lipinski definition) is 4. The van der Waals surface area contributed by atoms with Gasteiger partial charge in [-0.3, -0.25) is 9.69 Å². The van der Waals surface area contributed by atoms with Gasteiger partial charge in [0.2, 0.25) is 0 Å². The Balaban J connectivity index is 1.36. The minimum Gasteiger partial charge on any atom is -0.497 e. The van der Waals surface area contributed by atoms with Gasteiger partial charge in [-0.05, 0) is 80.8 Å². The van der Waals surface area contributed by atoms with Gasteiger partial charge in [0.1, 0.15) is 5.75 Å². The van der Waals surface area contributed by atoms with Crippen LogP contribution in [0.1, 0.15) is 30.1 Å². The number of nitrogens with one attached hydrogen (secondary N) is 1. The number of rotatable bonds is 5. The Morgan fingerprint density at radius 2 is 1.78 bits per heavy atom. The zero-order valence-corrected chi connectivity index (χ0v) is 16.7. The molecular weight excluding hydrogens is 356 g/mol. The van der Waals surface area contributed by atoms with E-state index in [1.807, 2.05) is 48.5 Å².